The number of hydrogen-bond acceptors (Lipinski definition) is 2. The van der Waals surface area contributed by atoms with Crippen LogP contribution in [0.4, 0.5) is 4.79 Å². The van der Waals surface area contributed by atoms with E-state index < -0.39 is 6.09 Å². The Morgan fingerprint density at radius 3 is 2.82 bits per heavy atom. The molecule has 2 rings (SSSR count). The van der Waals surface area contributed by atoms with Crippen molar-refractivity contribution in [2.24, 2.45) is 0 Å². The molecule has 1 aliphatic rings. The molecule has 0 radical (unpaired) electrons. The van der Waals surface area contributed by atoms with Gasteiger partial charge in [0.05, 0.1) is 0 Å². The van der Waals surface area contributed by atoms with Gasteiger partial charge in [0.1, 0.15) is 0 Å². The summed E-state index contributed by atoms with van der Waals surface area (Å²) in [7, 11) is 0. The van der Waals surface area contributed by atoms with Crippen molar-refractivity contribution in [2.45, 2.75) is 25.4 Å². The summed E-state index contributed by atoms with van der Waals surface area (Å²) in [6, 6.07) is 10.7. The lowest BCUT2D eigenvalue weighted by molar-refractivity contribution is 0.188. The highest BCUT2D eigenvalue weighted by molar-refractivity contribution is 5.64. The Bertz CT molecular complexity index is 380. The van der Waals surface area contributed by atoms with Gasteiger partial charge in [-0.15, -0.1) is 0 Å². The summed E-state index contributed by atoms with van der Waals surface area (Å²) in [4.78, 5) is 12.9. The molecule has 1 heterocycles. The van der Waals surface area contributed by atoms with E-state index in [1.165, 1.54) is 5.56 Å². The molecule has 92 valence electrons. The summed E-state index contributed by atoms with van der Waals surface area (Å²) in [6.45, 7) is 3.90. The zero-order valence-electron chi connectivity index (χ0n) is 9.97. The lowest BCUT2D eigenvalue weighted by atomic mass is 10.1. The maximum absolute atomic E-state index is 10.6. The predicted molar refractivity (Wildman–Crippen MR) is 66.0 cm³/mol. The van der Waals surface area contributed by atoms with Gasteiger partial charge in [-0.05, 0) is 18.9 Å². The van der Waals surface area contributed by atoms with Gasteiger partial charge in [-0.2, -0.15) is 0 Å². The maximum atomic E-state index is 10.6. The number of benzene rings is 1. The minimum absolute atomic E-state index is 0.0682. The molecule has 2 atom stereocenters. The first kappa shape index (κ1) is 11.9. The third-order valence-electron chi connectivity index (χ3n) is 3.38. The zero-order valence-corrected chi connectivity index (χ0v) is 9.97. The highest BCUT2D eigenvalue weighted by Gasteiger charge is 2.27. The Labute approximate surface area is 101 Å². The summed E-state index contributed by atoms with van der Waals surface area (Å²) in [5.74, 6) is 0. The highest BCUT2D eigenvalue weighted by atomic mass is 16.4. The molecule has 17 heavy (non-hydrogen) atoms. The first-order valence-electron chi connectivity index (χ1n) is 5.95. The standard InChI is InChI=1S/C13H18N2O2/c1-10(11-5-3-2-4-6-11)15-8-7-12(9-15)14-13(16)17/h2-6,10,12,14H,7-9H2,1H3,(H,16,17)/t10-,12+/m1/s1. The van der Waals surface area contributed by atoms with E-state index in [1.54, 1.807) is 0 Å². The van der Waals surface area contributed by atoms with E-state index in [-0.39, 0.29) is 6.04 Å². The van der Waals surface area contributed by atoms with Crippen molar-refractivity contribution in [1.82, 2.24) is 10.2 Å². The molecule has 0 aliphatic carbocycles. The minimum atomic E-state index is -0.927. The zero-order chi connectivity index (χ0) is 12.3. The van der Waals surface area contributed by atoms with Gasteiger partial charge in [0.25, 0.3) is 0 Å². The van der Waals surface area contributed by atoms with Crippen LogP contribution in [0.25, 0.3) is 0 Å². The number of carboxylic acid groups (broad SMARTS) is 1. The number of carbonyl (C=O) groups is 1. The lowest BCUT2D eigenvalue weighted by Gasteiger charge is -2.24. The maximum Gasteiger partial charge on any atom is 0.404 e. The summed E-state index contributed by atoms with van der Waals surface area (Å²) in [5, 5.41) is 11.2. The van der Waals surface area contributed by atoms with Crippen LogP contribution in [0.15, 0.2) is 30.3 Å². The minimum Gasteiger partial charge on any atom is -0.465 e. The van der Waals surface area contributed by atoms with Crippen LogP contribution in [0.1, 0.15) is 24.9 Å². The van der Waals surface area contributed by atoms with E-state index in [9.17, 15) is 4.79 Å². The van der Waals surface area contributed by atoms with Crippen molar-refractivity contribution < 1.29 is 9.90 Å². The fourth-order valence-corrected chi connectivity index (χ4v) is 2.37. The van der Waals surface area contributed by atoms with Crippen LogP contribution in [-0.4, -0.2) is 35.2 Å². The summed E-state index contributed by atoms with van der Waals surface area (Å²) in [6.07, 6.45) is -0.0343. The van der Waals surface area contributed by atoms with E-state index in [2.05, 4.69) is 29.3 Å². The molecule has 1 amide bonds. The molecular formula is C13H18N2O2. The molecule has 0 bridgehead atoms. The van der Waals surface area contributed by atoms with Crippen molar-refractivity contribution in [3.8, 4) is 0 Å². The Balaban J connectivity index is 1.94. The van der Waals surface area contributed by atoms with Gasteiger partial charge in [0.15, 0.2) is 0 Å². The number of amides is 1. The molecule has 4 heteroatoms. The van der Waals surface area contributed by atoms with Crippen molar-refractivity contribution in [3.05, 3.63) is 35.9 Å². The Morgan fingerprint density at radius 2 is 2.18 bits per heavy atom. The first-order chi connectivity index (χ1) is 8.16. The fraction of sp³-hybridized carbons (Fsp3) is 0.462. The van der Waals surface area contributed by atoms with E-state index in [4.69, 9.17) is 5.11 Å². The van der Waals surface area contributed by atoms with Crippen LogP contribution in [0.3, 0.4) is 0 Å². The lowest BCUT2D eigenvalue weighted by Crippen LogP contribution is -2.36. The molecule has 0 spiro atoms. The van der Waals surface area contributed by atoms with Crippen LogP contribution >= 0.6 is 0 Å². The monoisotopic (exact) mass is 234 g/mol. The van der Waals surface area contributed by atoms with Crippen molar-refractivity contribution in [3.63, 3.8) is 0 Å². The molecular weight excluding hydrogens is 216 g/mol. The summed E-state index contributed by atoms with van der Waals surface area (Å²) < 4.78 is 0. The van der Waals surface area contributed by atoms with E-state index in [1.807, 2.05) is 18.2 Å². The average molecular weight is 234 g/mol. The molecule has 0 saturated carbocycles. The SMILES string of the molecule is C[C@H](c1ccccc1)N1CC[C@H](NC(=O)O)C1. The topological polar surface area (TPSA) is 52.6 Å². The number of rotatable bonds is 3. The van der Waals surface area contributed by atoms with Crippen molar-refractivity contribution >= 4 is 6.09 Å². The highest BCUT2D eigenvalue weighted by Crippen LogP contribution is 2.24. The largest absolute Gasteiger partial charge is 0.465 e. The second-order valence-electron chi connectivity index (χ2n) is 4.52. The molecule has 1 aromatic rings. The van der Waals surface area contributed by atoms with Crippen LogP contribution in [0, 0.1) is 0 Å². The van der Waals surface area contributed by atoms with Gasteiger partial charge < -0.3 is 10.4 Å². The normalized spacial score (nSPS) is 22.3. The fourth-order valence-electron chi connectivity index (χ4n) is 2.37. The van der Waals surface area contributed by atoms with Gasteiger partial charge in [-0.1, -0.05) is 30.3 Å². The quantitative estimate of drug-likeness (QED) is 0.842. The third kappa shape index (κ3) is 2.97. The van der Waals surface area contributed by atoms with Gasteiger partial charge in [0, 0.05) is 25.2 Å². The molecule has 0 unspecified atom stereocenters. The number of nitrogens with one attached hydrogen (secondary N) is 1. The predicted octanol–water partition coefficient (Wildman–Crippen LogP) is 2.09. The Hall–Kier alpha value is -1.55. The molecule has 1 fully saturated rings. The van der Waals surface area contributed by atoms with Crippen molar-refractivity contribution in [1.29, 1.82) is 0 Å². The molecule has 2 N–H and O–H groups in total. The third-order valence-corrected chi connectivity index (χ3v) is 3.38. The van der Waals surface area contributed by atoms with Gasteiger partial charge in [-0.3, -0.25) is 4.90 Å². The molecule has 1 aromatic carbocycles. The van der Waals surface area contributed by atoms with Crippen LogP contribution < -0.4 is 5.32 Å². The van der Waals surface area contributed by atoms with E-state index >= 15 is 0 Å². The Morgan fingerprint density at radius 1 is 1.47 bits per heavy atom. The first-order valence-corrected chi connectivity index (χ1v) is 5.95. The number of nitrogens with zero attached hydrogens (tertiary/aromatic N) is 1. The molecule has 1 aliphatic heterocycles. The number of hydrogen-bond donors (Lipinski definition) is 2. The van der Waals surface area contributed by atoms with E-state index in [0.29, 0.717) is 6.04 Å². The van der Waals surface area contributed by atoms with Crippen LogP contribution in [0.5, 0.6) is 0 Å². The van der Waals surface area contributed by atoms with Gasteiger partial charge in [-0.25, -0.2) is 4.79 Å². The molecule has 0 aromatic heterocycles. The summed E-state index contributed by atoms with van der Waals surface area (Å²) >= 11 is 0. The Kier molecular flexibility index (Phi) is 3.64. The van der Waals surface area contributed by atoms with Crippen molar-refractivity contribution in [2.75, 3.05) is 13.1 Å². The number of likely N-dealkylation sites (tertiary alicyclic amines) is 1. The van der Waals surface area contributed by atoms with Crippen LogP contribution in [0.2, 0.25) is 0 Å². The average Bonchev–Trinajstić information content (AvgIpc) is 2.77. The van der Waals surface area contributed by atoms with E-state index in [0.717, 1.165) is 19.5 Å². The molecule has 1 saturated heterocycles. The second-order valence-corrected chi connectivity index (χ2v) is 4.52. The second kappa shape index (κ2) is 5.19. The molecule has 4 nitrogen and oxygen atoms in total. The smallest absolute Gasteiger partial charge is 0.404 e. The van der Waals surface area contributed by atoms with Gasteiger partial charge in [0.2, 0.25) is 0 Å². The van der Waals surface area contributed by atoms with Crippen LogP contribution in [-0.2, 0) is 0 Å². The van der Waals surface area contributed by atoms with Gasteiger partial charge >= 0.3 is 6.09 Å². The summed E-state index contributed by atoms with van der Waals surface area (Å²) in [5.41, 5.74) is 1.28.